The average molecular weight is 775 g/mol. The molecule has 0 saturated heterocycles. The lowest BCUT2D eigenvalue weighted by Crippen LogP contribution is -2.15. The second kappa shape index (κ2) is 31.0. The zero-order valence-corrected chi connectivity index (χ0v) is 32.9. The quantitative estimate of drug-likeness (QED) is 0.0565. The van der Waals surface area contributed by atoms with Gasteiger partial charge in [0.05, 0.1) is 112 Å². The van der Waals surface area contributed by atoms with E-state index in [9.17, 15) is 4.79 Å². The maximum Gasteiger partial charge on any atom is 0.224 e. The fraction of sp³-hybridized carbons (Fsp3) is 0.477. The first-order chi connectivity index (χ1) is 27.6. The number of rotatable bonds is 29. The number of nitrogens with one attached hydrogen (secondary N) is 1. The van der Waals surface area contributed by atoms with E-state index in [0.717, 1.165) is 34.2 Å². The average Bonchev–Trinajstić information content (AvgIpc) is 3.22. The minimum absolute atomic E-state index is 0.0641. The lowest BCUT2D eigenvalue weighted by Gasteiger charge is -2.08. The molecule has 3 aromatic carbocycles. The highest BCUT2D eigenvalue weighted by atomic mass is 16.6. The largest absolute Gasteiger partial charge is 0.377 e. The van der Waals surface area contributed by atoms with Crippen LogP contribution in [0.3, 0.4) is 0 Å². The monoisotopic (exact) mass is 774 g/mol. The number of benzene rings is 3. The van der Waals surface area contributed by atoms with Crippen molar-refractivity contribution in [2.24, 2.45) is 5.90 Å². The molecule has 0 aromatic heterocycles. The van der Waals surface area contributed by atoms with Crippen molar-refractivity contribution in [2.45, 2.75) is 33.3 Å². The molecule has 56 heavy (non-hydrogen) atoms. The van der Waals surface area contributed by atoms with Crippen LogP contribution in [-0.4, -0.2) is 112 Å². The third-order valence-electron chi connectivity index (χ3n) is 7.77. The normalized spacial score (nSPS) is 10.8. The van der Waals surface area contributed by atoms with Gasteiger partial charge in [0, 0.05) is 34.4 Å². The van der Waals surface area contributed by atoms with Crippen molar-refractivity contribution in [3.63, 3.8) is 0 Å². The molecule has 0 bridgehead atoms. The van der Waals surface area contributed by atoms with E-state index in [1.54, 1.807) is 0 Å². The molecule has 3 aromatic rings. The van der Waals surface area contributed by atoms with Gasteiger partial charge in [-0.3, -0.25) is 4.79 Å². The molecule has 3 N–H and O–H groups in total. The van der Waals surface area contributed by atoms with Gasteiger partial charge in [0.2, 0.25) is 5.91 Å². The van der Waals surface area contributed by atoms with Crippen molar-refractivity contribution in [1.82, 2.24) is 0 Å². The fourth-order valence-corrected chi connectivity index (χ4v) is 4.73. The maximum absolute atomic E-state index is 12.1. The molecule has 3 rings (SSSR count). The molecule has 0 aliphatic carbocycles. The van der Waals surface area contributed by atoms with Gasteiger partial charge < -0.3 is 48.0 Å². The summed E-state index contributed by atoms with van der Waals surface area (Å²) in [5.41, 5.74) is 6.34. The fourth-order valence-electron chi connectivity index (χ4n) is 4.73. The van der Waals surface area contributed by atoms with Crippen LogP contribution < -0.4 is 11.2 Å². The van der Waals surface area contributed by atoms with E-state index in [1.807, 2.05) is 61.5 Å². The molecule has 0 aliphatic heterocycles. The summed E-state index contributed by atoms with van der Waals surface area (Å²) in [6.45, 7) is 12.1. The van der Waals surface area contributed by atoms with Gasteiger partial charge >= 0.3 is 0 Å². The number of hydrogen-bond acceptors (Lipinski definition) is 11. The van der Waals surface area contributed by atoms with Gasteiger partial charge in [0.25, 0.3) is 0 Å². The number of carbonyl (C=O) groups excluding carboxylic acids is 1. The van der Waals surface area contributed by atoms with Gasteiger partial charge in [-0.05, 0) is 60.0 Å². The van der Waals surface area contributed by atoms with Crippen LogP contribution in [0.2, 0.25) is 0 Å². The van der Waals surface area contributed by atoms with Crippen LogP contribution in [0, 0.1) is 23.7 Å². The number of ether oxygens (including phenoxy) is 8. The molecule has 0 saturated carbocycles. The molecular formula is C44H58N2O10. The van der Waals surface area contributed by atoms with Crippen LogP contribution in [0.25, 0.3) is 0 Å². The lowest BCUT2D eigenvalue weighted by atomic mass is 10.1. The van der Waals surface area contributed by atoms with Crippen LogP contribution in [0.15, 0.2) is 66.7 Å². The number of amides is 1. The zero-order valence-electron chi connectivity index (χ0n) is 32.9. The van der Waals surface area contributed by atoms with E-state index < -0.39 is 0 Å². The number of anilines is 1. The first kappa shape index (κ1) is 46.2. The van der Waals surface area contributed by atoms with Gasteiger partial charge in [0.1, 0.15) is 0 Å². The summed E-state index contributed by atoms with van der Waals surface area (Å²) < 4.78 is 44.0. The molecule has 0 heterocycles. The van der Waals surface area contributed by atoms with Crippen molar-refractivity contribution in [3.8, 4) is 23.7 Å². The highest BCUT2D eigenvalue weighted by Gasteiger charge is 2.03. The predicted octanol–water partition coefficient (Wildman–Crippen LogP) is 4.92. The Bertz CT molecular complexity index is 1610. The van der Waals surface area contributed by atoms with Crippen LogP contribution in [0.5, 0.6) is 0 Å². The zero-order chi connectivity index (χ0) is 39.7. The van der Waals surface area contributed by atoms with Crippen molar-refractivity contribution in [3.05, 3.63) is 100 Å². The summed E-state index contributed by atoms with van der Waals surface area (Å²) in [5, 5.41) is 2.93. The van der Waals surface area contributed by atoms with Crippen LogP contribution in [0.4, 0.5) is 5.69 Å². The van der Waals surface area contributed by atoms with Crippen molar-refractivity contribution >= 4 is 11.6 Å². The first-order valence-corrected chi connectivity index (χ1v) is 19.2. The SMILES string of the molecule is CCC(=O)Nc1cc(C#Cc2ccc(CC)cc2)cc(C#Cc2ccc(COCCOCCOCCOCCOCCOCCOCCOCCON)cc2)c1. The third-order valence-corrected chi connectivity index (χ3v) is 7.77. The molecule has 1 amide bonds. The molecule has 0 aliphatic rings. The van der Waals surface area contributed by atoms with E-state index in [0.29, 0.717) is 124 Å². The molecule has 12 heteroatoms. The van der Waals surface area contributed by atoms with Gasteiger partial charge in [0.15, 0.2) is 0 Å². The summed E-state index contributed by atoms with van der Waals surface area (Å²) in [5.74, 6) is 17.7. The second-order valence-corrected chi connectivity index (χ2v) is 12.2. The smallest absolute Gasteiger partial charge is 0.224 e. The lowest BCUT2D eigenvalue weighted by molar-refractivity contribution is -0.115. The Hall–Kier alpha value is -4.15. The Morgan fingerprint density at radius 3 is 1.21 bits per heavy atom. The number of nitrogens with two attached hydrogens (primary N) is 1. The molecule has 12 nitrogen and oxygen atoms in total. The number of hydrogen-bond donors (Lipinski definition) is 2. The highest BCUT2D eigenvalue weighted by molar-refractivity contribution is 5.91. The topological polar surface area (TPSA) is 138 Å². The third kappa shape index (κ3) is 22.4. The molecule has 0 spiro atoms. The predicted molar refractivity (Wildman–Crippen MR) is 215 cm³/mol. The summed E-state index contributed by atoms with van der Waals surface area (Å²) in [6.07, 6.45) is 1.37. The van der Waals surface area contributed by atoms with Gasteiger partial charge in [-0.15, -0.1) is 0 Å². The van der Waals surface area contributed by atoms with Gasteiger partial charge in [-0.25, -0.2) is 5.90 Å². The van der Waals surface area contributed by atoms with Gasteiger partial charge in [-0.2, -0.15) is 0 Å². The molecular weight excluding hydrogens is 716 g/mol. The van der Waals surface area contributed by atoms with E-state index in [1.165, 1.54) is 5.56 Å². The Labute approximate surface area is 332 Å². The maximum atomic E-state index is 12.1. The number of carbonyl (C=O) groups is 1. The van der Waals surface area contributed by atoms with E-state index in [-0.39, 0.29) is 5.91 Å². The summed E-state index contributed by atoms with van der Waals surface area (Å²) in [6, 6.07) is 21.8. The van der Waals surface area contributed by atoms with E-state index >= 15 is 0 Å². The van der Waals surface area contributed by atoms with Crippen molar-refractivity contribution in [1.29, 1.82) is 0 Å². The second-order valence-electron chi connectivity index (χ2n) is 12.2. The Balaban J connectivity index is 1.21. The minimum atomic E-state index is -0.0641. The van der Waals surface area contributed by atoms with Gasteiger partial charge in [-0.1, -0.05) is 61.8 Å². The summed E-state index contributed by atoms with van der Waals surface area (Å²) in [4.78, 5) is 16.5. The van der Waals surface area contributed by atoms with E-state index in [2.05, 4.69) is 52.9 Å². The van der Waals surface area contributed by atoms with Crippen LogP contribution >= 0.6 is 0 Å². The summed E-state index contributed by atoms with van der Waals surface area (Å²) in [7, 11) is 0. The minimum Gasteiger partial charge on any atom is -0.377 e. The Kier molecular flexibility index (Phi) is 25.6. The molecule has 0 unspecified atom stereocenters. The van der Waals surface area contributed by atoms with Crippen molar-refractivity contribution < 1.29 is 47.5 Å². The Morgan fingerprint density at radius 1 is 0.482 bits per heavy atom. The summed E-state index contributed by atoms with van der Waals surface area (Å²) >= 11 is 0. The Morgan fingerprint density at radius 2 is 0.839 bits per heavy atom. The van der Waals surface area contributed by atoms with Crippen LogP contribution in [0.1, 0.15) is 53.6 Å². The van der Waals surface area contributed by atoms with E-state index in [4.69, 9.17) is 43.8 Å². The molecule has 304 valence electrons. The molecule has 0 atom stereocenters. The molecule has 0 radical (unpaired) electrons. The van der Waals surface area contributed by atoms with Crippen LogP contribution in [-0.2, 0) is 60.6 Å². The first-order valence-electron chi connectivity index (χ1n) is 19.2. The molecule has 0 fully saturated rings. The standard InChI is InChI=1S/C44H58N2O10/c1-3-37-5-7-38(8-6-37)11-15-41-33-42(35-43(34-41)46-44(47)4-2)16-12-39-9-13-40(14-10-39)36-55-30-29-53-26-25-51-22-21-49-18-17-48-19-20-50-23-24-52-27-28-54-31-32-56-45/h5-10,13-14,33-35H,3-4,17-32,36,45H2,1-2H3,(H,46,47). The highest BCUT2D eigenvalue weighted by Crippen LogP contribution is 2.16. The number of aryl methyl sites for hydroxylation is 1. The van der Waals surface area contributed by atoms with Crippen molar-refractivity contribution in [2.75, 3.05) is 111 Å².